The van der Waals surface area contributed by atoms with Crippen LogP contribution in [0.25, 0.3) is 0 Å². The Morgan fingerprint density at radius 3 is 2.60 bits per heavy atom. The van der Waals surface area contributed by atoms with Crippen molar-refractivity contribution in [2.45, 2.75) is 19.9 Å². The second-order valence-electron chi connectivity index (χ2n) is 4.17. The van der Waals surface area contributed by atoms with Crippen LogP contribution in [-0.4, -0.2) is 36.6 Å². The molecule has 0 aliphatic heterocycles. The van der Waals surface area contributed by atoms with Crippen molar-refractivity contribution in [1.29, 1.82) is 0 Å². The van der Waals surface area contributed by atoms with Crippen molar-refractivity contribution in [3.63, 3.8) is 0 Å². The molecule has 2 N–H and O–H groups in total. The maximum Gasteiger partial charge on any atom is 0.269 e. The number of rotatable bonds is 8. The summed E-state index contributed by atoms with van der Waals surface area (Å²) in [5.74, 6) is 0.505. The predicted molar refractivity (Wildman–Crippen MR) is 74.7 cm³/mol. The lowest BCUT2D eigenvalue weighted by atomic mass is 10.3. The first-order chi connectivity index (χ1) is 9.54. The van der Waals surface area contributed by atoms with Gasteiger partial charge in [0.1, 0.15) is 12.4 Å². The number of ether oxygens (including phenoxy) is 1. The van der Waals surface area contributed by atoms with Gasteiger partial charge in [0.25, 0.3) is 5.69 Å². The minimum Gasteiger partial charge on any atom is -0.492 e. The van der Waals surface area contributed by atoms with Crippen LogP contribution in [-0.2, 0) is 4.79 Å². The fourth-order valence-electron chi connectivity index (χ4n) is 1.53. The van der Waals surface area contributed by atoms with E-state index in [4.69, 9.17) is 4.74 Å². The average Bonchev–Trinajstić information content (AvgIpc) is 2.44. The first kappa shape index (κ1) is 15.9. The lowest BCUT2D eigenvalue weighted by Gasteiger charge is -2.13. The highest BCUT2D eigenvalue weighted by Gasteiger charge is 2.10. The minimum atomic E-state index is -0.459. The number of likely N-dealkylation sites (N-methyl/N-ethyl adjacent to an activating group) is 1. The Bertz CT molecular complexity index is 447. The number of nitrogens with one attached hydrogen (secondary N) is 2. The van der Waals surface area contributed by atoms with Gasteiger partial charge in [-0.3, -0.25) is 14.9 Å². The number of nitro benzene ring substituents is 1. The van der Waals surface area contributed by atoms with Crippen molar-refractivity contribution in [3.8, 4) is 5.75 Å². The van der Waals surface area contributed by atoms with Crippen molar-refractivity contribution < 1.29 is 14.5 Å². The predicted octanol–water partition coefficient (Wildman–Crippen LogP) is 1.09. The first-order valence-electron chi connectivity index (χ1n) is 6.43. The van der Waals surface area contributed by atoms with E-state index < -0.39 is 4.92 Å². The maximum atomic E-state index is 11.4. The maximum absolute atomic E-state index is 11.4. The second kappa shape index (κ2) is 8.11. The van der Waals surface area contributed by atoms with E-state index in [1.807, 2.05) is 6.92 Å². The lowest BCUT2D eigenvalue weighted by Crippen LogP contribution is -2.43. The minimum absolute atomic E-state index is 0.0281. The van der Waals surface area contributed by atoms with Crippen LogP contribution >= 0.6 is 0 Å². The molecular weight excluding hydrogens is 262 g/mol. The number of non-ortho nitro benzene ring substituents is 1. The van der Waals surface area contributed by atoms with Gasteiger partial charge in [-0.25, -0.2) is 0 Å². The van der Waals surface area contributed by atoms with Gasteiger partial charge in [0.2, 0.25) is 5.91 Å². The van der Waals surface area contributed by atoms with E-state index in [2.05, 4.69) is 10.6 Å². The number of hydrogen-bond acceptors (Lipinski definition) is 5. The van der Waals surface area contributed by atoms with Gasteiger partial charge in [-0.1, -0.05) is 0 Å². The normalized spacial score (nSPS) is 11.7. The molecule has 0 saturated carbocycles. The summed E-state index contributed by atoms with van der Waals surface area (Å²) in [6, 6.07) is 5.59. The number of amides is 1. The van der Waals surface area contributed by atoms with Crippen molar-refractivity contribution >= 4 is 11.6 Å². The molecule has 110 valence electrons. The summed E-state index contributed by atoms with van der Waals surface area (Å²) in [7, 11) is 0. The van der Waals surface area contributed by atoms with Crippen LogP contribution in [0.15, 0.2) is 24.3 Å². The van der Waals surface area contributed by atoms with Gasteiger partial charge in [-0.05, 0) is 26.0 Å². The van der Waals surface area contributed by atoms with Crippen molar-refractivity contribution in [2.24, 2.45) is 0 Å². The Hall–Kier alpha value is -2.15. The fraction of sp³-hybridized carbons (Fsp3) is 0.462. The highest BCUT2D eigenvalue weighted by Crippen LogP contribution is 2.16. The van der Waals surface area contributed by atoms with Gasteiger partial charge in [0, 0.05) is 25.2 Å². The van der Waals surface area contributed by atoms with Crippen LogP contribution in [0.1, 0.15) is 13.8 Å². The van der Waals surface area contributed by atoms with E-state index in [0.29, 0.717) is 25.4 Å². The summed E-state index contributed by atoms with van der Waals surface area (Å²) in [6.45, 7) is 5.13. The second-order valence-corrected chi connectivity index (χ2v) is 4.17. The largest absolute Gasteiger partial charge is 0.492 e. The summed E-state index contributed by atoms with van der Waals surface area (Å²) in [5.41, 5.74) is 0.0281. The van der Waals surface area contributed by atoms with E-state index in [1.165, 1.54) is 12.1 Å². The summed E-state index contributed by atoms with van der Waals surface area (Å²) in [5, 5.41) is 16.2. The molecule has 1 atom stereocenters. The Morgan fingerprint density at radius 1 is 1.40 bits per heavy atom. The summed E-state index contributed by atoms with van der Waals surface area (Å²) in [4.78, 5) is 21.5. The highest BCUT2D eigenvalue weighted by atomic mass is 16.6. The van der Waals surface area contributed by atoms with Crippen molar-refractivity contribution in [1.82, 2.24) is 10.6 Å². The third-order valence-electron chi connectivity index (χ3n) is 2.61. The molecule has 0 spiro atoms. The molecule has 0 aromatic heterocycles. The van der Waals surface area contributed by atoms with Gasteiger partial charge in [-0.15, -0.1) is 0 Å². The Kier molecular flexibility index (Phi) is 6.45. The molecule has 20 heavy (non-hydrogen) atoms. The van der Waals surface area contributed by atoms with E-state index >= 15 is 0 Å². The molecule has 0 heterocycles. The third-order valence-corrected chi connectivity index (χ3v) is 2.61. The molecule has 1 unspecified atom stereocenters. The van der Waals surface area contributed by atoms with Gasteiger partial charge in [0.15, 0.2) is 0 Å². The Labute approximate surface area is 117 Å². The van der Waals surface area contributed by atoms with E-state index in [-0.39, 0.29) is 17.6 Å². The molecule has 7 heteroatoms. The highest BCUT2D eigenvalue weighted by molar-refractivity contribution is 5.81. The van der Waals surface area contributed by atoms with Crippen LogP contribution in [0, 0.1) is 10.1 Å². The molecule has 1 rings (SSSR count). The number of carbonyl (C=O) groups is 1. The lowest BCUT2D eigenvalue weighted by molar-refractivity contribution is -0.384. The van der Waals surface area contributed by atoms with Crippen LogP contribution in [0.3, 0.4) is 0 Å². The molecule has 0 fully saturated rings. The molecule has 0 aliphatic rings. The molecule has 1 amide bonds. The number of carbonyl (C=O) groups excluding carboxylic acids is 1. The van der Waals surface area contributed by atoms with E-state index in [9.17, 15) is 14.9 Å². The smallest absolute Gasteiger partial charge is 0.269 e. The molecule has 0 radical (unpaired) electrons. The Morgan fingerprint density at radius 2 is 2.05 bits per heavy atom. The number of nitro groups is 1. The standard InChI is InChI=1S/C13H19N3O4/c1-3-14-13(17)10(2)15-8-9-20-12-6-4-11(5-7-12)16(18)19/h4-7,10,15H,3,8-9H2,1-2H3,(H,14,17). The molecule has 1 aromatic carbocycles. The zero-order valence-electron chi connectivity index (χ0n) is 11.6. The Balaban J connectivity index is 2.27. The zero-order chi connectivity index (χ0) is 15.0. The molecule has 0 bridgehead atoms. The SMILES string of the molecule is CCNC(=O)C(C)NCCOc1ccc([N+](=O)[O-])cc1. The van der Waals surface area contributed by atoms with Gasteiger partial charge < -0.3 is 15.4 Å². The van der Waals surface area contributed by atoms with Crippen LogP contribution in [0.5, 0.6) is 5.75 Å². The number of benzene rings is 1. The van der Waals surface area contributed by atoms with Gasteiger partial charge in [-0.2, -0.15) is 0 Å². The molecule has 0 aliphatic carbocycles. The number of nitrogens with zero attached hydrogens (tertiary/aromatic N) is 1. The molecule has 1 aromatic rings. The zero-order valence-corrected chi connectivity index (χ0v) is 11.6. The van der Waals surface area contributed by atoms with Crippen molar-refractivity contribution in [2.75, 3.05) is 19.7 Å². The third kappa shape index (κ3) is 5.23. The summed E-state index contributed by atoms with van der Waals surface area (Å²) in [6.07, 6.45) is 0. The van der Waals surface area contributed by atoms with Gasteiger partial charge in [0.05, 0.1) is 11.0 Å². The first-order valence-corrected chi connectivity index (χ1v) is 6.43. The van der Waals surface area contributed by atoms with E-state index in [0.717, 1.165) is 0 Å². The summed E-state index contributed by atoms with van der Waals surface area (Å²) >= 11 is 0. The fourth-order valence-corrected chi connectivity index (χ4v) is 1.53. The van der Waals surface area contributed by atoms with Crippen molar-refractivity contribution in [3.05, 3.63) is 34.4 Å². The molecule has 7 nitrogen and oxygen atoms in total. The van der Waals surface area contributed by atoms with Crippen LogP contribution in [0.2, 0.25) is 0 Å². The monoisotopic (exact) mass is 281 g/mol. The summed E-state index contributed by atoms with van der Waals surface area (Å²) < 4.78 is 5.41. The van der Waals surface area contributed by atoms with Crippen LogP contribution < -0.4 is 15.4 Å². The topological polar surface area (TPSA) is 93.5 Å². The van der Waals surface area contributed by atoms with Crippen LogP contribution in [0.4, 0.5) is 5.69 Å². The average molecular weight is 281 g/mol. The molecule has 0 saturated heterocycles. The van der Waals surface area contributed by atoms with E-state index in [1.54, 1.807) is 19.1 Å². The number of hydrogen-bond donors (Lipinski definition) is 2. The quantitative estimate of drug-likeness (QED) is 0.422. The molecular formula is C13H19N3O4. The van der Waals surface area contributed by atoms with Gasteiger partial charge >= 0.3 is 0 Å².